The maximum Gasteiger partial charge on any atom is 0.349 e. The first-order valence-corrected chi connectivity index (χ1v) is 11.4. The van der Waals surface area contributed by atoms with Gasteiger partial charge in [-0.25, -0.2) is 18.0 Å². The van der Waals surface area contributed by atoms with Crippen LogP contribution in [0.1, 0.15) is 27.0 Å². The van der Waals surface area contributed by atoms with E-state index in [0.717, 1.165) is 0 Å². The minimum absolute atomic E-state index is 0.0156. The number of rotatable bonds is 5. The van der Waals surface area contributed by atoms with Gasteiger partial charge in [-0.2, -0.15) is 8.78 Å². The summed E-state index contributed by atoms with van der Waals surface area (Å²) < 4.78 is 93.5. The van der Waals surface area contributed by atoms with Crippen LogP contribution in [-0.2, 0) is 16.1 Å². The molecule has 13 heteroatoms. The number of ketones is 1. The van der Waals surface area contributed by atoms with E-state index in [9.17, 15) is 31.5 Å². The molecular weight excluding hydrogens is 555 g/mol. The van der Waals surface area contributed by atoms with E-state index >= 15 is 0 Å². The Balaban J connectivity index is 1.34. The van der Waals surface area contributed by atoms with Crippen molar-refractivity contribution in [3.63, 3.8) is 0 Å². The summed E-state index contributed by atoms with van der Waals surface area (Å²) in [7, 11) is 0. The van der Waals surface area contributed by atoms with Crippen molar-refractivity contribution in [2.45, 2.75) is 13.5 Å². The summed E-state index contributed by atoms with van der Waals surface area (Å²) in [5, 5.41) is 0.385. The number of carbonyl (C=O) groups excluding carboxylic acids is 2. The molecule has 0 aliphatic carbocycles. The number of allylic oxidation sites excluding steroid dienone is 1. The second-order valence-electron chi connectivity index (χ2n) is 8.26. The Morgan fingerprint density at radius 2 is 1.72 bits per heavy atom. The van der Waals surface area contributed by atoms with Crippen molar-refractivity contribution in [2.24, 2.45) is 0 Å². The number of ether oxygens (including phenoxy) is 5. The van der Waals surface area contributed by atoms with Gasteiger partial charge >= 0.3 is 5.97 Å². The maximum absolute atomic E-state index is 13.8. The van der Waals surface area contributed by atoms with E-state index in [0.29, 0.717) is 21.9 Å². The highest BCUT2D eigenvalue weighted by Gasteiger charge is 2.32. The lowest BCUT2D eigenvalue weighted by molar-refractivity contribution is -0.136. The van der Waals surface area contributed by atoms with Crippen molar-refractivity contribution < 1.29 is 55.2 Å². The van der Waals surface area contributed by atoms with Crippen molar-refractivity contribution in [1.82, 2.24) is 0 Å². The van der Waals surface area contributed by atoms with Crippen LogP contribution in [0.5, 0.6) is 23.0 Å². The van der Waals surface area contributed by atoms with Gasteiger partial charge in [0.2, 0.25) is 34.9 Å². The SMILES string of the molecule is Cc1c(OC(=O)COc2c(F)c(F)c(F)c(F)c2F)ccc2c1O/C(=C\c1cc(Cl)cc3c1OCOC3)C2=O. The fraction of sp³-hybridized carbons (Fsp3) is 0.154. The van der Waals surface area contributed by atoms with Gasteiger partial charge in [-0.15, -0.1) is 0 Å². The first-order valence-electron chi connectivity index (χ1n) is 11.0. The molecule has 3 aromatic carbocycles. The number of Topliss-reactive ketones (excluding diaryl/α,β-unsaturated/α-hetero) is 1. The third-order valence-corrected chi connectivity index (χ3v) is 5.97. The largest absolute Gasteiger partial charge is 0.476 e. The Hall–Kier alpha value is -4.16. The van der Waals surface area contributed by atoms with Gasteiger partial charge in [0.15, 0.2) is 24.9 Å². The molecule has 2 heterocycles. The first kappa shape index (κ1) is 26.4. The summed E-state index contributed by atoms with van der Waals surface area (Å²) in [6.07, 6.45) is 1.45. The zero-order valence-corrected chi connectivity index (χ0v) is 20.4. The summed E-state index contributed by atoms with van der Waals surface area (Å²) in [6, 6.07) is 5.86. The second-order valence-corrected chi connectivity index (χ2v) is 8.70. The van der Waals surface area contributed by atoms with Crippen molar-refractivity contribution >= 4 is 29.4 Å². The van der Waals surface area contributed by atoms with Crippen LogP contribution < -0.4 is 18.9 Å². The van der Waals surface area contributed by atoms with Gasteiger partial charge in [-0.05, 0) is 37.3 Å². The highest BCUT2D eigenvalue weighted by atomic mass is 35.5. The molecule has 202 valence electrons. The Labute approximate surface area is 221 Å². The van der Waals surface area contributed by atoms with Gasteiger partial charge < -0.3 is 23.7 Å². The van der Waals surface area contributed by atoms with E-state index in [1.807, 2.05) is 0 Å². The summed E-state index contributed by atoms with van der Waals surface area (Å²) in [5.41, 5.74) is 1.54. The van der Waals surface area contributed by atoms with Crippen LogP contribution >= 0.6 is 11.6 Å². The Kier molecular flexibility index (Phi) is 6.91. The van der Waals surface area contributed by atoms with Gasteiger partial charge in [0.05, 0.1) is 12.2 Å². The van der Waals surface area contributed by atoms with Crippen molar-refractivity contribution in [3.05, 3.63) is 86.4 Å². The third-order valence-electron chi connectivity index (χ3n) is 5.75. The summed E-state index contributed by atoms with van der Waals surface area (Å²) >= 11 is 6.17. The molecule has 2 aliphatic heterocycles. The summed E-state index contributed by atoms with van der Waals surface area (Å²) in [5.74, 6) is -14.2. The summed E-state index contributed by atoms with van der Waals surface area (Å²) in [4.78, 5) is 25.2. The molecule has 0 unspecified atom stereocenters. The minimum atomic E-state index is -2.37. The number of hydrogen-bond donors (Lipinski definition) is 0. The molecule has 3 aromatic rings. The van der Waals surface area contributed by atoms with Crippen molar-refractivity contribution in [3.8, 4) is 23.0 Å². The van der Waals surface area contributed by atoms with Gasteiger partial charge in [0.25, 0.3) is 0 Å². The lowest BCUT2D eigenvalue weighted by Crippen LogP contribution is -2.20. The van der Waals surface area contributed by atoms with Gasteiger partial charge in [0, 0.05) is 21.7 Å². The standard InChI is InChI=1S/C26H14ClF5O7/c1-10-15(38-17(33)8-36-26-21(31)19(29)18(28)20(30)22(26)32)3-2-14-23(34)16(39-24(10)14)6-11-4-13(27)5-12-7-35-9-37-25(11)12/h2-6H,7-9H2,1H3/b16-6-. The molecule has 0 spiro atoms. The predicted molar refractivity (Wildman–Crippen MR) is 123 cm³/mol. The van der Waals surface area contributed by atoms with Gasteiger partial charge in [-0.3, -0.25) is 4.79 Å². The molecule has 0 saturated heterocycles. The number of hydrogen-bond acceptors (Lipinski definition) is 7. The zero-order valence-electron chi connectivity index (χ0n) is 19.6. The molecule has 0 atom stereocenters. The monoisotopic (exact) mass is 568 g/mol. The average molecular weight is 569 g/mol. The number of halogens is 6. The quantitative estimate of drug-likeness (QED) is 0.0959. The van der Waals surface area contributed by atoms with E-state index in [4.69, 9.17) is 30.5 Å². The van der Waals surface area contributed by atoms with Crippen LogP contribution in [0.3, 0.4) is 0 Å². The van der Waals surface area contributed by atoms with E-state index < -0.39 is 53.2 Å². The maximum atomic E-state index is 13.8. The van der Waals surface area contributed by atoms with Crippen molar-refractivity contribution in [1.29, 1.82) is 0 Å². The number of benzene rings is 3. The molecule has 0 bridgehead atoms. The summed E-state index contributed by atoms with van der Waals surface area (Å²) in [6.45, 7) is 0.568. The third kappa shape index (κ3) is 4.77. The molecule has 0 amide bonds. The molecule has 0 aromatic heterocycles. The van der Waals surface area contributed by atoms with E-state index in [2.05, 4.69) is 4.74 Å². The normalized spacial score (nSPS) is 14.9. The molecule has 7 nitrogen and oxygen atoms in total. The molecule has 0 saturated carbocycles. The zero-order chi connectivity index (χ0) is 28.0. The van der Waals surface area contributed by atoms with Gasteiger partial charge in [0.1, 0.15) is 17.2 Å². The first-order chi connectivity index (χ1) is 18.6. The molecule has 5 rings (SSSR count). The highest BCUT2D eigenvalue weighted by molar-refractivity contribution is 6.31. The lowest BCUT2D eigenvalue weighted by atomic mass is 10.0. The van der Waals surface area contributed by atoms with Gasteiger partial charge in [-0.1, -0.05) is 11.6 Å². The molecule has 0 radical (unpaired) electrons. The highest BCUT2D eigenvalue weighted by Crippen LogP contribution is 2.41. The molecule has 0 fully saturated rings. The number of carbonyl (C=O) groups is 2. The van der Waals surface area contributed by atoms with Crippen LogP contribution in [0.2, 0.25) is 5.02 Å². The van der Waals surface area contributed by atoms with E-state index in [-0.39, 0.29) is 41.8 Å². The number of fused-ring (bicyclic) bond motifs is 2. The molecule has 0 N–H and O–H groups in total. The Morgan fingerprint density at radius 3 is 2.44 bits per heavy atom. The minimum Gasteiger partial charge on any atom is -0.476 e. The Bertz CT molecular complexity index is 1560. The van der Waals surface area contributed by atoms with Crippen LogP contribution in [0.25, 0.3) is 6.08 Å². The van der Waals surface area contributed by atoms with Crippen molar-refractivity contribution in [2.75, 3.05) is 13.4 Å². The van der Waals surface area contributed by atoms with E-state index in [1.54, 1.807) is 12.1 Å². The average Bonchev–Trinajstić information content (AvgIpc) is 3.23. The number of esters is 1. The topological polar surface area (TPSA) is 80.3 Å². The van der Waals surface area contributed by atoms with Crippen LogP contribution in [0.15, 0.2) is 30.0 Å². The lowest BCUT2D eigenvalue weighted by Gasteiger charge is -2.20. The predicted octanol–water partition coefficient (Wildman–Crippen LogP) is 5.81. The molecule has 2 aliphatic rings. The smallest absolute Gasteiger partial charge is 0.349 e. The molecular formula is C26H14ClF5O7. The Morgan fingerprint density at radius 1 is 1.03 bits per heavy atom. The second kappa shape index (κ2) is 10.2. The van der Waals surface area contributed by atoms with Crippen LogP contribution in [0.4, 0.5) is 22.0 Å². The fourth-order valence-corrected chi connectivity index (χ4v) is 4.18. The van der Waals surface area contributed by atoms with Crippen LogP contribution in [0, 0.1) is 36.0 Å². The van der Waals surface area contributed by atoms with Crippen LogP contribution in [-0.4, -0.2) is 25.2 Å². The fourth-order valence-electron chi connectivity index (χ4n) is 3.93. The van der Waals surface area contributed by atoms with E-state index in [1.165, 1.54) is 25.1 Å². The molecule has 39 heavy (non-hydrogen) atoms.